The zero-order valence-corrected chi connectivity index (χ0v) is 20.0. The standard InChI is InChI=1S/C26H32Cl2N2O2/c27-23-9-8-22(17-24(23)28)25(31)30-14-10-21(19-30)18-29-15-12-26(32,13-16-29)11-4-7-20-5-2-1-3-6-20/h1-3,5-6,8-9,17,21,32H,4,7,10-16,18-19H2. The van der Waals surface area contributed by atoms with Crippen LogP contribution in [0.4, 0.5) is 0 Å². The van der Waals surface area contributed by atoms with Gasteiger partial charge in [0.2, 0.25) is 0 Å². The van der Waals surface area contributed by atoms with Gasteiger partial charge in [-0.3, -0.25) is 4.79 Å². The number of likely N-dealkylation sites (tertiary alicyclic amines) is 2. The zero-order chi connectivity index (χ0) is 22.6. The molecule has 2 saturated heterocycles. The normalized spacial score (nSPS) is 21.1. The molecule has 32 heavy (non-hydrogen) atoms. The molecule has 0 spiro atoms. The van der Waals surface area contributed by atoms with Gasteiger partial charge >= 0.3 is 0 Å². The largest absolute Gasteiger partial charge is 0.390 e. The van der Waals surface area contributed by atoms with Gasteiger partial charge in [0.05, 0.1) is 15.6 Å². The molecular formula is C26H32Cl2N2O2. The average molecular weight is 475 g/mol. The summed E-state index contributed by atoms with van der Waals surface area (Å²) in [5, 5.41) is 11.9. The van der Waals surface area contributed by atoms with Gasteiger partial charge in [0.25, 0.3) is 5.91 Å². The Morgan fingerprint density at radius 1 is 1.03 bits per heavy atom. The summed E-state index contributed by atoms with van der Waals surface area (Å²) in [6.45, 7) is 4.40. The third-order valence-electron chi connectivity index (χ3n) is 6.99. The minimum atomic E-state index is -0.531. The molecular weight excluding hydrogens is 443 g/mol. The Kier molecular flexibility index (Phi) is 7.78. The molecule has 2 aliphatic heterocycles. The Morgan fingerprint density at radius 3 is 2.50 bits per heavy atom. The molecule has 0 radical (unpaired) electrons. The molecule has 2 fully saturated rings. The first kappa shape index (κ1) is 23.6. The van der Waals surface area contributed by atoms with Crippen LogP contribution in [-0.4, -0.2) is 59.1 Å². The van der Waals surface area contributed by atoms with E-state index in [4.69, 9.17) is 23.2 Å². The van der Waals surface area contributed by atoms with Crippen LogP contribution < -0.4 is 0 Å². The number of rotatable bonds is 7. The minimum absolute atomic E-state index is 0.0255. The highest BCUT2D eigenvalue weighted by Gasteiger charge is 2.34. The Morgan fingerprint density at radius 2 is 1.78 bits per heavy atom. The van der Waals surface area contributed by atoms with Crippen molar-refractivity contribution in [3.05, 3.63) is 69.7 Å². The predicted octanol–water partition coefficient (Wildman–Crippen LogP) is 5.31. The van der Waals surface area contributed by atoms with Gasteiger partial charge in [-0.15, -0.1) is 0 Å². The van der Waals surface area contributed by atoms with Crippen molar-refractivity contribution in [1.29, 1.82) is 0 Å². The van der Waals surface area contributed by atoms with Crippen LogP contribution in [-0.2, 0) is 6.42 Å². The van der Waals surface area contributed by atoms with Gasteiger partial charge in [-0.25, -0.2) is 0 Å². The summed E-state index contributed by atoms with van der Waals surface area (Å²) in [4.78, 5) is 17.2. The number of hydrogen-bond donors (Lipinski definition) is 1. The molecule has 2 aliphatic rings. The lowest BCUT2D eigenvalue weighted by Gasteiger charge is -2.39. The molecule has 1 N–H and O–H groups in total. The SMILES string of the molecule is O=C(c1ccc(Cl)c(Cl)c1)N1CCC(CN2CCC(O)(CCCc3ccccc3)CC2)C1. The second-order valence-electron chi connectivity index (χ2n) is 9.40. The van der Waals surface area contributed by atoms with Gasteiger partial charge < -0.3 is 14.9 Å². The van der Waals surface area contributed by atoms with E-state index in [1.54, 1.807) is 18.2 Å². The van der Waals surface area contributed by atoms with Crippen molar-refractivity contribution in [2.24, 2.45) is 5.92 Å². The van der Waals surface area contributed by atoms with Crippen LogP contribution >= 0.6 is 23.2 Å². The molecule has 4 nitrogen and oxygen atoms in total. The number of piperidine rings is 1. The molecule has 0 saturated carbocycles. The van der Waals surface area contributed by atoms with Gasteiger partial charge in [0, 0.05) is 38.3 Å². The molecule has 0 aliphatic carbocycles. The van der Waals surface area contributed by atoms with Crippen molar-refractivity contribution in [1.82, 2.24) is 9.80 Å². The van der Waals surface area contributed by atoms with Crippen LogP contribution in [0.1, 0.15) is 48.0 Å². The van der Waals surface area contributed by atoms with Crippen LogP contribution in [0.2, 0.25) is 10.0 Å². The van der Waals surface area contributed by atoms with Crippen LogP contribution in [0.3, 0.4) is 0 Å². The fraction of sp³-hybridized carbons (Fsp3) is 0.500. The van der Waals surface area contributed by atoms with Crippen molar-refractivity contribution in [3.63, 3.8) is 0 Å². The molecule has 2 aromatic carbocycles. The van der Waals surface area contributed by atoms with E-state index < -0.39 is 5.60 Å². The summed E-state index contributed by atoms with van der Waals surface area (Å²) < 4.78 is 0. The third-order valence-corrected chi connectivity index (χ3v) is 7.73. The quantitative estimate of drug-likeness (QED) is 0.591. The van der Waals surface area contributed by atoms with E-state index >= 15 is 0 Å². The van der Waals surface area contributed by atoms with E-state index in [0.29, 0.717) is 21.5 Å². The summed E-state index contributed by atoms with van der Waals surface area (Å²) in [6, 6.07) is 15.6. The number of hydrogen-bond acceptors (Lipinski definition) is 3. The molecule has 1 amide bonds. The fourth-order valence-electron chi connectivity index (χ4n) is 5.01. The first-order valence-electron chi connectivity index (χ1n) is 11.6. The van der Waals surface area contributed by atoms with Gasteiger partial charge in [0.15, 0.2) is 0 Å². The Labute approximate surface area is 201 Å². The van der Waals surface area contributed by atoms with Crippen molar-refractivity contribution in [2.45, 2.75) is 44.1 Å². The summed E-state index contributed by atoms with van der Waals surface area (Å²) in [5.41, 5.74) is 1.41. The highest BCUT2D eigenvalue weighted by molar-refractivity contribution is 6.42. The second kappa shape index (κ2) is 10.6. The molecule has 1 atom stereocenters. The number of carbonyl (C=O) groups excluding carboxylic acids is 1. The zero-order valence-electron chi connectivity index (χ0n) is 18.5. The highest BCUT2D eigenvalue weighted by atomic mass is 35.5. The molecule has 0 aromatic heterocycles. The number of benzene rings is 2. The number of aliphatic hydroxyl groups is 1. The van der Waals surface area contributed by atoms with Crippen molar-refractivity contribution < 1.29 is 9.90 Å². The Balaban J connectivity index is 1.20. The average Bonchev–Trinajstić information content (AvgIpc) is 3.26. The van der Waals surface area contributed by atoms with Crippen molar-refractivity contribution in [3.8, 4) is 0 Å². The molecule has 2 aromatic rings. The van der Waals surface area contributed by atoms with E-state index in [0.717, 1.165) is 71.2 Å². The first-order chi connectivity index (χ1) is 15.4. The number of nitrogens with zero attached hydrogens (tertiary/aromatic N) is 2. The van der Waals surface area contributed by atoms with Gasteiger partial charge in [-0.1, -0.05) is 53.5 Å². The molecule has 6 heteroatoms. The maximum absolute atomic E-state index is 12.8. The fourth-order valence-corrected chi connectivity index (χ4v) is 5.31. The maximum Gasteiger partial charge on any atom is 0.253 e. The van der Waals surface area contributed by atoms with E-state index in [1.165, 1.54) is 5.56 Å². The predicted molar refractivity (Wildman–Crippen MR) is 130 cm³/mol. The van der Waals surface area contributed by atoms with Crippen LogP contribution in [0.5, 0.6) is 0 Å². The van der Waals surface area contributed by atoms with E-state index in [1.807, 2.05) is 11.0 Å². The van der Waals surface area contributed by atoms with E-state index in [-0.39, 0.29) is 5.91 Å². The third kappa shape index (κ3) is 6.05. The molecule has 1 unspecified atom stereocenters. The topological polar surface area (TPSA) is 43.8 Å². The number of halogens is 2. The van der Waals surface area contributed by atoms with Crippen molar-refractivity contribution in [2.75, 3.05) is 32.7 Å². The molecule has 0 bridgehead atoms. The lowest BCUT2D eigenvalue weighted by molar-refractivity contribution is -0.0312. The van der Waals surface area contributed by atoms with E-state index in [2.05, 4.69) is 29.2 Å². The van der Waals surface area contributed by atoms with E-state index in [9.17, 15) is 9.90 Å². The summed E-state index contributed by atoms with van der Waals surface area (Å²) in [7, 11) is 0. The lowest BCUT2D eigenvalue weighted by Crippen LogP contribution is -2.46. The summed E-state index contributed by atoms with van der Waals surface area (Å²) in [6.07, 6.45) is 5.60. The molecule has 2 heterocycles. The molecule has 172 valence electrons. The summed E-state index contributed by atoms with van der Waals surface area (Å²) >= 11 is 12.1. The summed E-state index contributed by atoms with van der Waals surface area (Å²) in [5.74, 6) is 0.503. The number of aryl methyl sites for hydroxylation is 1. The van der Waals surface area contributed by atoms with Crippen molar-refractivity contribution >= 4 is 29.1 Å². The second-order valence-corrected chi connectivity index (χ2v) is 10.2. The van der Waals surface area contributed by atoms with Gasteiger partial charge in [-0.2, -0.15) is 0 Å². The van der Waals surface area contributed by atoms with Crippen LogP contribution in [0, 0.1) is 5.92 Å². The number of carbonyl (C=O) groups is 1. The minimum Gasteiger partial charge on any atom is -0.390 e. The lowest BCUT2D eigenvalue weighted by atomic mass is 9.85. The van der Waals surface area contributed by atoms with Gasteiger partial charge in [0.1, 0.15) is 0 Å². The Bertz CT molecular complexity index is 913. The first-order valence-corrected chi connectivity index (χ1v) is 12.4. The van der Waals surface area contributed by atoms with Crippen LogP contribution in [0.15, 0.2) is 48.5 Å². The Hall–Kier alpha value is -1.59. The highest BCUT2D eigenvalue weighted by Crippen LogP contribution is 2.30. The number of amides is 1. The smallest absolute Gasteiger partial charge is 0.253 e. The maximum atomic E-state index is 12.8. The van der Waals surface area contributed by atoms with Gasteiger partial charge in [-0.05, 0) is 68.2 Å². The molecule has 4 rings (SSSR count). The monoisotopic (exact) mass is 474 g/mol. The van der Waals surface area contributed by atoms with Crippen LogP contribution in [0.25, 0.3) is 0 Å².